The molecule has 0 radical (unpaired) electrons. The van der Waals surface area contributed by atoms with Gasteiger partial charge in [0, 0.05) is 64.8 Å². The van der Waals surface area contributed by atoms with E-state index in [0.717, 1.165) is 50.9 Å². The van der Waals surface area contributed by atoms with Crippen LogP contribution in [0.15, 0.2) is 218 Å². The molecule has 2 aliphatic rings. The second-order valence-corrected chi connectivity index (χ2v) is 17.9. The molecule has 0 saturated carbocycles. The lowest BCUT2D eigenvalue weighted by Gasteiger charge is -2.45. The number of thiophene rings is 1. The molecule has 0 N–H and O–H groups in total. The third-order valence-electron chi connectivity index (χ3n) is 13.6. The van der Waals surface area contributed by atoms with Crippen LogP contribution in [0.1, 0.15) is 22.3 Å². The minimum atomic E-state index is -0.659. The van der Waals surface area contributed by atoms with Crippen molar-refractivity contribution in [1.82, 2.24) is 4.57 Å². The van der Waals surface area contributed by atoms with Gasteiger partial charge in [-0.2, -0.15) is 0 Å². The number of rotatable bonds is 4. The van der Waals surface area contributed by atoms with Gasteiger partial charge in [-0.15, -0.1) is 11.3 Å². The van der Waals surface area contributed by atoms with Gasteiger partial charge in [0.1, 0.15) is 11.5 Å². The Morgan fingerprint density at radius 2 is 1.02 bits per heavy atom. The van der Waals surface area contributed by atoms with Crippen molar-refractivity contribution in [2.45, 2.75) is 5.41 Å². The molecule has 1 aliphatic carbocycles. The molecule has 12 aromatic rings. The van der Waals surface area contributed by atoms with Gasteiger partial charge in [-0.3, -0.25) is 0 Å². The molecular weight excluding hydrogens is 785 g/mol. The van der Waals surface area contributed by atoms with E-state index in [9.17, 15) is 0 Å². The van der Waals surface area contributed by atoms with Crippen LogP contribution in [0.4, 0.5) is 17.1 Å². The summed E-state index contributed by atoms with van der Waals surface area (Å²) in [6.07, 6.45) is 0. The molecule has 0 saturated heterocycles. The van der Waals surface area contributed by atoms with E-state index in [0.29, 0.717) is 0 Å². The van der Waals surface area contributed by atoms with Gasteiger partial charge in [0.15, 0.2) is 0 Å². The summed E-state index contributed by atoms with van der Waals surface area (Å²) >= 11 is 1.86. The Balaban J connectivity index is 1.09. The maximum absolute atomic E-state index is 6.79. The van der Waals surface area contributed by atoms with Crippen molar-refractivity contribution in [2.75, 3.05) is 4.90 Å². The molecule has 1 aliphatic heterocycles. The Labute approximate surface area is 367 Å². The minimum Gasteiger partial charge on any atom is -0.457 e. The highest BCUT2D eigenvalue weighted by Crippen LogP contribution is 2.62. The number of fused-ring (bicyclic) bond motifs is 14. The summed E-state index contributed by atoms with van der Waals surface area (Å²) in [6.45, 7) is 0. The second kappa shape index (κ2) is 13.0. The van der Waals surface area contributed by atoms with Gasteiger partial charge in [-0.05, 0) is 112 Å². The normalized spacial score (nSPS) is 13.3. The molecule has 14 rings (SSSR count). The SMILES string of the molecule is c1ccc(-n2c3ccccc3c3ccc(N(c4ccc5c(c4)C4(c6ccccc6Oc6ccccc64)c4cccc6cccc-5c46)c4ccc5sc6ccccc6c5c4)cc32)cc1. The molecule has 4 heteroatoms. The van der Waals surface area contributed by atoms with Crippen molar-refractivity contribution in [3.05, 3.63) is 241 Å². The molecule has 294 valence electrons. The van der Waals surface area contributed by atoms with Crippen LogP contribution in [-0.4, -0.2) is 4.57 Å². The molecule has 0 atom stereocenters. The molecule has 3 nitrogen and oxygen atoms in total. The Kier molecular flexibility index (Phi) is 7.20. The van der Waals surface area contributed by atoms with Gasteiger partial charge >= 0.3 is 0 Å². The van der Waals surface area contributed by atoms with E-state index in [4.69, 9.17) is 4.74 Å². The maximum atomic E-state index is 6.79. The number of para-hydroxylation sites is 4. The number of anilines is 3. The number of benzene rings is 10. The quantitative estimate of drug-likeness (QED) is 0.176. The lowest BCUT2D eigenvalue weighted by molar-refractivity contribution is 0.435. The molecule has 0 unspecified atom stereocenters. The van der Waals surface area contributed by atoms with Crippen LogP contribution in [0.3, 0.4) is 0 Å². The lowest BCUT2D eigenvalue weighted by Crippen LogP contribution is -2.36. The summed E-state index contributed by atoms with van der Waals surface area (Å²) in [5, 5.41) is 7.53. The van der Waals surface area contributed by atoms with Crippen LogP contribution >= 0.6 is 11.3 Å². The number of ether oxygens (including phenoxy) is 1. The smallest absolute Gasteiger partial charge is 0.132 e. The van der Waals surface area contributed by atoms with Crippen molar-refractivity contribution in [3.63, 3.8) is 0 Å². The summed E-state index contributed by atoms with van der Waals surface area (Å²) in [7, 11) is 0. The van der Waals surface area contributed by atoms with Gasteiger partial charge in [0.2, 0.25) is 0 Å². The van der Waals surface area contributed by atoms with Gasteiger partial charge in [-0.1, -0.05) is 140 Å². The highest BCUT2D eigenvalue weighted by molar-refractivity contribution is 7.25. The Morgan fingerprint density at radius 1 is 0.397 bits per heavy atom. The van der Waals surface area contributed by atoms with Gasteiger partial charge in [0.05, 0.1) is 16.4 Å². The molecule has 63 heavy (non-hydrogen) atoms. The summed E-state index contributed by atoms with van der Waals surface area (Å²) in [5.41, 5.74) is 13.4. The van der Waals surface area contributed by atoms with Crippen LogP contribution in [0, 0.1) is 0 Å². The molecule has 0 fully saturated rings. The Morgan fingerprint density at radius 3 is 1.86 bits per heavy atom. The number of aromatic nitrogens is 1. The summed E-state index contributed by atoms with van der Waals surface area (Å²) in [4.78, 5) is 2.48. The predicted molar refractivity (Wildman–Crippen MR) is 263 cm³/mol. The summed E-state index contributed by atoms with van der Waals surface area (Å²) < 4.78 is 11.8. The van der Waals surface area contributed by atoms with Crippen LogP contribution in [0.25, 0.3) is 69.6 Å². The fourth-order valence-electron chi connectivity index (χ4n) is 11.1. The maximum Gasteiger partial charge on any atom is 0.132 e. The van der Waals surface area contributed by atoms with E-state index in [1.807, 2.05) is 11.3 Å². The van der Waals surface area contributed by atoms with E-state index in [1.165, 1.54) is 69.5 Å². The fraction of sp³-hybridized carbons (Fsp3) is 0.0169. The van der Waals surface area contributed by atoms with Crippen molar-refractivity contribution in [2.24, 2.45) is 0 Å². The topological polar surface area (TPSA) is 17.4 Å². The average Bonchev–Trinajstić information content (AvgIpc) is 3.88. The molecular formula is C59H36N2OS. The molecule has 10 aromatic carbocycles. The highest BCUT2D eigenvalue weighted by atomic mass is 32.1. The zero-order valence-corrected chi connectivity index (χ0v) is 34.8. The molecule has 0 bridgehead atoms. The van der Waals surface area contributed by atoms with Gasteiger partial charge < -0.3 is 14.2 Å². The first-order chi connectivity index (χ1) is 31.2. The zero-order valence-electron chi connectivity index (χ0n) is 34.0. The number of hydrogen-bond donors (Lipinski definition) is 0. The second-order valence-electron chi connectivity index (χ2n) is 16.8. The van der Waals surface area contributed by atoms with Crippen LogP contribution in [-0.2, 0) is 5.41 Å². The first-order valence-corrected chi connectivity index (χ1v) is 22.4. The van der Waals surface area contributed by atoms with E-state index >= 15 is 0 Å². The van der Waals surface area contributed by atoms with Crippen LogP contribution in [0.2, 0.25) is 0 Å². The van der Waals surface area contributed by atoms with Gasteiger partial charge in [-0.25, -0.2) is 0 Å². The first kappa shape index (κ1) is 34.8. The van der Waals surface area contributed by atoms with Gasteiger partial charge in [0.25, 0.3) is 0 Å². The van der Waals surface area contributed by atoms with E-state index in [-0.39, 0.29) is 0 Å². The van der Waals surface area contributed by atoms with E-state index in [1.54, 1.807) is 0 Å². The monoisotopic (exact) mass is 820 g/mol. The molecule has 2 aromatic heterocycles. The largest absolute Gasteiger partial charge is 0.457 e. The third-order valence-corrected chi connectivity index (χ3v) is 14.8. The fourth-order valence-corrected chi connectivity index (χ4v) is 12.2. The summed E-state index contributed by atoms with van der Waals surface area (Å²) in [6, 6.07) is 80.4. The highest BCUT2D eigenvalue weighted by Gasteiger charge is 2.49. The Hall–Kier alpha value is -7.92. The Bertz CT molecular complexity index is 3810. The molecule has 3 heterocycles. The van der Waals surface area contributed by atoms with Crippen molar-refractivity contribution < 1.29 is 4.74 Å². The van der Waals surface area contributed by atoms with E-state index < -0.39 is 5.41 Å². The van der Waals surface area contributed by atoms with Crippen molar-refractivity contribution in [1.29, 1.82) is 0 Å². The molecule has 1 spiro atoms. The number of nitrogens with zero attached hydrogens (tertiary/aromatic N) is 2. The zero-order chi connectivity index (χ0) is 41.2. The van der Waals surface area contributed by atoms with Crippen molar-refractivity contribution >= 4 is 81.1 Å². The summed E-state index contributed by atoms with van der Waals surface area (Å²) in [5.74, 6) is 1.77. The first-order valence-electron chi connectivity index (χ1n) is 21.6. The van der Waals surface area contributed by atoms with E-state index in [2.05, 4.69) is 228 Å². The van der Waals surface area contributed by atoms with Crippen LogP contribution in [0.5, 0.6) is 11.5 Å². The van der Waals surface area contributed by atoms with Crippen molar-refractivity contribution in [3.8, 4) is 28.3 Å². The third kappa shape index (κ3) is 4.79. The number of hydrogen-bond acceptors (Lipinski definition) is 3. The standard InChI is InChI=1S/C59H36N2OS/c1-2-16-38(17-3-1)61-52-24-8-4-18-43(52)44-32-29-41(36-53(44)61)60(39-30-33-57-47(34-39)45-19-5-11-27-56(45)63-57)40-28-31-42-46-20-12-14-37-15-13-23-50(58(37)46)59(51(42)35-40)48-21-6-9-25-54(48)62-55-26-10-7-22-49(55)59/h1-36H. The molecule has 0 amide bonds. The average molecular weight is 821 g/mol. The lowest BCUT2D eigenvalue weighted by atomic mass is 9.58. The minimum absolute atomic E-state index is 0.659. The predicted octanol–water partition coefficient (Wildman–Crippen LogP) is 16.2. The van der Waals surface area contributed by atoms with Crippen LogP contribution < -0.4 is 9.64 Å².